The average molecular weight is 182 g/mol. The van der Waals surface area contributed by atoms with E-state index in [9.17, 15) is 0 Å². The molecule has 1 heterocycles. The number of rotatable bonds is 5. The summed E-state index contributed by atoms with van der Waals surface area (Å²) in [6.45, 7) is 5.63. The van der Waals surface area contributed by atoms with Gasteiger partial charge in [-0.3, -0.25) is 0 Å². The smallest absolute Gasteiger partial charge is 0.0383 e. The van der Waals surface area contributed by atoms with Crippen LogP contribution in [0.25, 0.3) is 10.4 Å². The van der Waals surface area contributed by atoms with Crippen molar-refractivity contribution in [2.75, 3.05) is 19.6 Å². The molecule has 0 aromatic rings. The van der Waals surface area contributed by atoms with Crippen LogP contribution >= 0.6 is 0 Å². The van der Waals surface area contributed by atoms with E-state index >= 15 is 0 Å². The second-order valence-electron chi connectivity index (χ2n) is 3.60. The van der Waals surface area contributed by atoms with Gasteiger partial charge in [0.05, 0.1) is 0 Å². The molecule has 0 N–H and O–H groups in total. The van der Waals surface area contributed by atoms with Crippen LogP contribution in [0, 0.1) is 0 Å². The fourth-order valence-corrected chi connectivity index (χ4v) is 1.75. The molecular weight excluding hydrogens is 164 g/mol. The van der Waals surface area contributed by atoms with E-state index in [1.807, 2.05) is 0 Å². The first-order valence-corrected chi connectivity index (χ1v) is 5.13. The van der Waals surface area contributed by atoms with Gasteiger partial charge in [0, 0.05) is 11.0 Å². The molecule has 0 bridgehead atoms. The molecule has 0 aromatic carbocycles. The molecule has 4 heteroatoms. The first-order chi connectivity index (χ1) is 6.36. The Hall–Kier alpha value is -0.730. The van der Waals surface area contributed by atoms with Gasteiger partial charge in [-0.15, -0.1) is 0 Å². The quantitative estimate of drug-likeness (QED) is 0.366. The Kier molecular flexibility index (Phi) is 4.65. The number of likely N-dealkylation sites (tertiary alicyclic amines) is 1. The van der Waals surface area contributed by atoms with Crippen LogP contribution in [-0.2, 0) is 0 Å². The van der Waals surface area contributed by atoms with E-state index < -0.39 is 0 Å². The van der Waals surface area contributed by atoms with E-state index in [0.29, 0.717) is 0 Å². The van der Waals surface area contributed by atoms with Gasteiger partial charge in [-0.1, -0.05) is 12.0 Å². The summed E-state index contributed by atoms with van der Waals surface area (Å²) >= 11 is 0. The summed E-state index contributed by atoms with van der Waals surface area (Å²) < 4.78 is 0. The summed E-state index contributed by atoms with van der Waals surface area (Å²) in [6, 6.07) is 0.200. The highest BCUT2D eigenvalue weighted by Gasteiger charge is 2.12. The Morgan fingerprint density at radius 3 is 2.69 bits per heavy atom. The molecule has 13 heavy (non-hydrogen) atoms. The summed E-state index contributed by atoms with van der Waals surface area (Å²) in [4.78, 5) is 5.31. The number of nitrogens with zero attached hydrogens (tertiary/aromatic N) is 4. The third-order valence-corrected chi connectivity index (χ3v) is 2.66. The van der Waals surface area contributed by atoms with Crippen LogP contribution in [0.5, 0.6) is 0 Å². The van der Waals surface area contributed by atoms with E-state index in [2.05, 4.69) is 21.8 Å². The molecule has 4 nitrogen and oxygen atoms in total. The lowest BCUT2D eigenvalue weighted by Crippen LogP contribution is -2.23. The standard InChI is InChI=1S/C9H18N4/c1-2-9(11-12-10)5-8-13-6-3-4-7-13/h9H,2-8H2,1H3. The van der Waals surface area contributed by atoms with Gasteiger partial charge >= 0.3 is 0 Å². The van der Waals surface area contributed by atoms with Crippen LogP contribution in [0.4, 0.5) is 0 Å². The molecule has 1 aliphatic heterocycles. The summed E-state index contributed by atoms with van der Waals surface area (Å²) in [7, 11) is 0. The van der Waals surface area contributed by atoms with Crippen molar-refractivity contribution in [3.05, 3.63) is 10.4 Å². The van der Waals surface area contributed by atoms with Crippen molar-refractivity contribution in [1.29, 1.82) is 0 Å². The van der Waals surface area contributed by atoms with E-state index in [0.717, 1.165) is 19.4 Å². The third-order valence-electron chi connectivity index (χ3n) is 2.66. The SMILES string of the molecule is CCC(CCN1CCCC1)N=[N+]=[N-]. The molecule has 1 saturated heterocycles. The lowest BCUT2D eigenvalue weighted by molar-refractivity contribution is 0.320. The van der Waals surface area contributed by atoms with Crippen molar-refractivity contribution in [1.82, 2.24) is 4.90 Å². The number of hydrogen-bond donors (Lipinski definition) is 0. The molecule has 1 rings (SSSR count). The summed E-state index contributed by atoms with van der Waals surface area (Å²) in [5, 5.41) is 3.76. The van der Waals surface area contributed by atoms with Crippen LogP contribution in [-0.4, -0.2) is 30.6 Å². The number of hydrogen-bond acceptors (Lipinski definition) is 2. The minimum atomic E-state index is 0.200. The zero-order chi connectivity index (χ0) is 9.52. The molecule has 0 amide bonds. The van der Waals surface area contributed by atoms with Gasteiger partial charge in [-0.05, 0) is 50.8 Å². The van der Waals surface area contributed by atoms with Gasteiger partial charge in [0.2, 0.25) is 0 Å². The fraction of sp³-hybridized carbons (Fsp3) is 1.00. The van der Waals surface area contributed by atoms with Gasteiger partial charge in [-0.2, -0.15) is 0 Å². The second kappa shape index (κ2) is 5.84. The highest BCUT2D eigenvalue weighted by atomic mass is 15.2. The minimum Gasteiger partial charge on any atom is -0.303 e. The van der Waals surface area contributed by atoms with Gasteiger partial charge < -0.3 is 4.90 Å². The van der Waals surface area contributed by atoms with E-state index in [1.165, 1.54) is 25.9 Å². The molecular formula is C9H18N4. The van der Waals surface area contributed by atoms with Crippen LogP contribution in [0.2, 0.25) is 0 Å². The van der Waals surface area contributed by atoms with Crippen molar-refractivity contribution in [2.45, 2.75) is 38.6 Å². The highest BCUT2D eigenvalue weighted by molar-refractivity contribution is 4.71. The Morgan fingerprint density at radius 1 is 1.46 bits per heavy atom. The zero-order valence-electron chi connectivity index (χ0n) is 8.32. The van der Waals surface area contributed by atoms with E-state index in [4.69, 9.17) is 5.53 Å². The van der Waals surface area contributed by atoms with Crippen LogP contribution in [0.3, 0.4) is 0 Å². The van der Waals surface area contributed by atoms with Gasteiger partial charge in [0.25, 0.3) is 0 Å². The van der Waals surface area contributed by atoms with E-state index in [-0.39, 0.29) is 6.04 Å². The summed E-state index contributed by atoms with van der Waals surface area (Å²) in [6.07, 6.45) is 4.63. The molecule has 0 saturated carbocycles. The Bertz CT molecular complexity index is 180. The Balaban J connectivity index is 2.18. The first-order valence-electron chi connectivity index (χ1n) is 5.13. The van der Waals surface area contributed by atoms with Gasteiger partial charge in [0.15, 0.2) is 0 Å². The topological polar surface area (TPSA) is 52.0 Å². The maximum atomic E-state index is 8.30. The predicted molar refractivity (Wildman–Crippen MR) is 53.5 cm³/mol. The van der Waals surface area contributed by atoms with Crippen molar-refractivity contribution in [3.8, 4) is 0 Å². The zero-order valence-corrected chi connectivity index (χ0v) is 8.32. The normalized spacial score (nSPS) is 19.8. The Morgan fingerprint density at radius 2 is 2.15 bits per heavy atom. The molecule has 0 aromatic heterocycles. The largest absolute Gasteiger partial charge is 0.303 e. The fourth-order valence-electron chi connectivity index (χ4n) is 1.75. The molecule has 0 radical (unpaired) electrons. The highest BCUT2D eigenvalue weighted by Crippen LogP contribution is 2.10. The average Bonchev–Trinajstić information content (AvgIpc) is 2.64. The molecule has 1 unspecified atom stereocenters. The molecule has 0 spiro atoms. The summed E-state index contributed by atoms with van der Waals surface area (Å²) in [5.41, 5.74) is 8.30. The maximum Gasteiger partial charge on any atom is 0.0383 e. The summed E-state index contributed by atoms with van der Waals surface area (Å²) in [5.74, 6) is 0. The van der Waals surface area contributed by atoms with Crippen molar-refractivity contribution < 1.29 is 0 Å². The van der Waals surface area contributed by atoms with Crippen LogP contribution < -0.4 is 0 Å². The van der Waals surface area contributed by atoms with Crippen molar-refractivity contribution in [2.24, 2.45) is 5.11 Å². The van der Waals surface area contributed by atoms with Gasteiger partial charge in [-0.25, -0.2) is 0 Å². The Labute approximate surface area is 79.5 Å². The van der Waals surface area contributed by atoms with Crippen molar-refractivity contribution in [3.63, 3.8) is 0 Å². The molecule has 1 aliphatic rings. The monoisotopic (exact) mass is 182 g/mol. The lowest BCUT2D eigenvalue weighted by atomic mass is 10.1. The number of azide groups is 1. The molecule has 0 aliphatic carbocycles. The lowest BCUT2D eigenvalue weighted by Gasteiger charge is -2.16. The van der Waals surface area contributed by atoms with Crippen molar-refractivity contribution >= 4 is 0 Å². The minimum absolute atomic E-state index is 0.200. The van der Waals surface area contributed by atoms with Crippen LogP contribution in [0.1, 0.15) is 32.6 Å². The molecule has 1 atom stereocenters. The van der Waals surface area contributed by atoms with Gasteiger partial charge in [0.1, 0.15) is 0 Å². The van der Waals surface area contributed by atoms with E-state index in [1.54, 1.807) is 0 Å². The second-order valence-corrected chi connectivity index (χ2v) is 3.60. The molecule has 74 valence electrons. The maximum absolute atomic E-state index is 8.30. The molecule has 1 fully saturated rings. The third kappa shape index (κ3) is 3.66. The predicted octanol–water partition coefficient (Wildman–Crippen LogP) is 2.56. The first kappa shape index (κ1) is 10.4. The van der Waals surface area contributed by atoms with Crippen LogP contribution in [0.15, 0.2) is 5.11 Å².